The van der Waals surface area contributed by atoms with Crippen molar-refractivity contribution in [3.63, 3.8) is 0 Å². The number of benzene rings is 2. The predicted molar refractivity (Wildman–Crippen MR) is 134 cm³/mol. The van der Waals surface area contributed by atoms with Crippen LogP contribution in [0.25, 0.3) is 0 Å². The largest absolute Gasteiger partial charge is 0.536 e. The molecule has 0 saturated heterocycles. The standard InChI is InChI=1S/C11H23BO2.C9H10O.C7H6O/c1-6-8-12(9-7-2)14-10(13)11(3,4)5;1-2-9(10)8-6-4-3-5-7-8;8-6-7-4-2-1-3-5-7/h6-9H2,1-5H3;3-7H,2H2,1H3;1-6H. The molecule has 174 valence electrons. The Balaban J connectivity index is 0.000000468. The molecule has 0 amide bonds. The van der Waals surface area contributed by atoms with Gasteiger partial charge in [0.1, 0.15) is 6.29 Å². The van der Waals surface area contributed by atoms with E-state index in [1.165, 1.54) is 0 Å². The zero-order valence-electron chi connectivity index (χ0n) is 20.6. The second kappa shape index (κ2) is 16.9. The molecule has 4 nitrogen and oxygen atoms in total. The van der Waals surface area contributed by atoms with Gasteiger partial charge >= 0.3 is 6.92 Å². The first-order valence-electron chi connectivity index (χ1n) is 11.5. The van der Waals surface area contributed by atoms with Gasteiger partial charge in [0.25, 0.3) is 5.97 Å². The van der Waals surface area contributed by atoms with Gasteiger partial charge in [-0.2, -0.15) is 0 Å². The van der Waals surface area contributed by atoms with E-state index in [0.717, 1.165) is 42.9 Å². The Morgan fingerprint density at radius 2 is 1.31 bits per heavy atom. The number of carbonyl (C=O) groups excluding carboxylic acids is 3. The van der Waals surface area contributed by atoms with Gasteiger partial charge in [-0.25, -0.2) is 0 Å². The van der Waals surface area contributed by atoms with Crippen LogP contribution in [0.2, 0.25) is 12.6 Å². The monoisotopic (exact) mass is 438 g/mol. The smallest absolute Gasteiger partial charge is 0.361 e. The first kappa shape index (κ1) is 29.3. The van der Waals surface area contributed by atoms with E-state index in [1.54, 1.807) is 12.1 Å². The minimum atomic E-state index is -0.375. The quantitative estimate of drug-likeness (QED) is 0.249. The molecule has 2 aromatic rings. The Morgan fingerprint density at radius 1 is 0.844 bits per heavy atom. The number of hydrogen-bond acceptors (Lipinski definition) is 4. The first-order valence-corrected chi connectivity index (χ1v) is 11.5. The van der Waals surface area contributed by atoms with Crippen molar-refractivity contribution in [2.75, 3.05) is 0 Å². The molecule has 0 unspecified atom stereocenters. The highest BCUT2D eigenvalue weighted by atomic mass is 16.5. The SMILES string of the molecule is CCC(=O)c1ccccc1.CCCB(CCC)OC(=O)C(C)(C)C.O=Cc1ccccc1. The summed E-state index contributed by atoms with van der Waals surface area (Å²) in [5.41, 5.74) is 1.16. The van der Waals surface area contributed by atoms with Crippen molar-refractivity contribution < 1.29 is 19.0 Å². The van der Waals surface area contributed by atoms with Crippen LogP contribution in [0, 0.1) is 5.41 Å². The lowest BCUT2D eigenvalue weighted by atomic mass is 9.60. The van der Waals surface area contributed by atoms with E-state index in [9.17, 15) is 14.4 Å². The molecular weight excluding hydrogens is 399 g/mol. The van der Waals surface area contributed by atoms with E-state index in [0.29, 0.717) is 6.42 Å². The van der Waals surface area contributed by atoms with Crippen molar-refractivity contribution >= 4 is 25.0 Å². The third-order valence-corrected chi connectivity index (χ3v) is 4.46. The fraction of sp³-hybridized carbons (Fsp3) is 0.444. The molecule has 0 saturated carbocycles. The molecule has 2 aromatic carbocycles. The summed E-state index contributed by atoms with van der Waals surface area (Å²) in [4.78, 5) is 32.6. The molecule has 0 aliphatic rings. The van der Waals surface area contributed by atoms with Crippen molar-refractivity contribution in [1.29, 1.82) is 0 Å². The fourth-order valence-electron chi connectivity index (χ4n) is 2.59. The lowest BCUT2D eigenvalue weighted by Gasteiger charge is -2.21. The molecule has 0 radical (unpaired) electrons. The van der Waals surface area contributed by atoms with Crippen LogP contribution in [0.5, 0.6) is 0 Å². The molecule has 5 heteroatoms. The van der Waals surface area contributed by atoms with Gasteiger partial charge < -0.3 is 4.65 Å². The summed E-state index contributed by atoms with van der Waals surface area (Å²) in [6.45, 7) is 11.9. The number of aldehydes is 1. The average molecular weight is 438 g/mol. The van der Waals surface area contributed by atoms with Crippen LogP contribution >= 0.6 is 0 Å². The maximum absolute atomic E-state index is 11.6. The second-order valence-corrected chi connectivity index (χ2v) is 8.53. The third kappa shape index (κ3) is 13.6. The third-order valence-electron chi connectivity index (χ3n) is 4.46. The topological polar surface area (TPSA) is 60.4 Å². The first-order chi connectivity index (χ1) is 15.2. The summed E-state index contributed by atoms with van der Waals surface area (Å²) in [5.74, 6) is 0.130. The normalized spacial score (nSPS) is 9.94. The van der Waals surface area contributed by atoms with E-state index < -0.39 is 0 Å². The maximum Gasteiger partial charge on any atom is 0.361 e. The van der Waals surface area contributed by atoms with Crippen molar-refractivity contribution in [3.05, 3.63) is 71.8 Å². The summed E-state index contributed by atoms with van der Waals surface area (Å²) in [6, 6.07) is 18.4. The summed E-state index contributed by atoms with van der Waals surface area (Å²) in [5, 5.41) is 0. The molecule has 0 aliphatic heterocycles. The molecule has 0 spiro atoms. The van der Waals surface area contributed by atoms with Crippen LogP contribution < -0.4 is 0 Å². The Morgan fingerprint density at radius 3 is 1.66 bits per heavy atom. The van der Waals surface area contributed by atoms with Crippen LogP contribution in [0.4, 0.5) is 0 Å². The van der Waals surface area contributed by atoms with Crippen LogP contribution in [0.1, 0.15) is 81.5 Å². The fourth-order valence-corrected chi connectivity index (χ4v) is 2.59. The van der Waals surface area contributed by atoms with Crippen molar-refractivity contribution in [1.82, 2.24) is 0 Å². The summed E-state index contributed by atoms with van der Waals surface area (Å²) in [7, 11) is 0. The number of rotatable bonds is 8. The van der Waals surface area contributed by atoms with E-state index in [1.807, 2.05) is 76.2 Å². The zero-order chi connectivity index (χ0) is 24.4. The van der Waals surface area contributed by atoms with Crippen molar-refractivity contribution in [2.45, 2.75) is 73.4 Å². The number of ketones is 1. The summed E-state index contributed by atoms with van der Waals surface area (Å²) < 4.78 is 5.46. The average Bonchev–Trinajstić information content (AvgIpc) is 2.80. The van der Waals surface area contributed by atoms with Gasteiger partial charge in [-0.1, -0.05) is 94.3 Å². The lowest BCUT2D eigenvalue weighted by molar-refractivity contribution is -0.143. The van der Waals surface area contributed by atoms with Gasteiger partial charge in [-0.3, -0.25) is 14.4 Å². The number of carbonyl (C=O) groups is 3. The van der Waals surface area contributed by atoms with Crippen LogP contribution in [-0.4, -0.2) is 25.0 Å². The van der Waals surface area contributed by atoms with Gasteiger partial charge in [0, 0.05) is 17.5 Å². The van der Waals surface area contributed by atoms with Crippen LogP contribution in [-0.2, 0) is 9.45 Å². The maximum atomic E-state index is 11.6. The Bertz CT molecular complexity index is 761. The number of Topliss-reactive ketones (excluding diaryl/α,β-unsaturated/α-hetero) is 1. The zero-order valence-corrected chi connectivity index (χ0v) is 20.6. The molecule has 0 N–H and O–H groups in total. The number of hydrogen-bond donors (Lipinski definition) is 0. The van der Waals surface area contributed by atoms with Gasteiger partial charge in [-0.15, -0.1) is 0 Å². The van der Waals surface area contributed by atoms with Crippen molar-refractivity contribution in [2.24, 2.45) is 5.41 Å². The highest BCUT2D eigenvalue weighted by Crippen LogP contribution is 2.18. The van der Waals surface area contributed by atoms with Crippen LogP contribution in [0.15, 0.2) is 60.7 Å². The van der Waals surface area contributed by atoms with Gasteiger partial charge in [-0.05, 0) is 33.4 Å². The molecule has 0 aromatic heterocycles. The van der Waals surface area contributed by atoms with Gasteiger partial charge in [0.2, 0.25) is 0 Å². The molecule has 0 aliphatic carbocycles. The van der Waals surface area contributed by atoms with Gasteiger partial charge in [0.05, 0.1) is 5.41 Å². The summed E-state index contributed by atoms with van der Waals surface area (Å²) in [6.07, 6.45) is 5.53. The van der Waals surface area contributed by atoms with Crippen molar-refractivity contribution in [3.8, 4) is 0 Å². The molecule has 0 heterocycles. The minimum absolute atomic E-state index is 0.0793. The summed E-state index contributed by atoms with van der Waals surface area (Å²) >= 11 is 0. The van der Waals surface area contributed by atoms with E-state index in [4.69, 9.17) is 4.65 Å². The molecule has 0 bridgehead atoms. The minimum Gasteiger partial charge on any atom is -0.536 e. The van der Waals surface area contributed by atoms with E-state index >= 15 is 0 Å². The highest BCUT2D eigenvalue weighted by Gasteiger charge is 2.27. The molecule has 32 heavy (non-hydrogen) atoms. The molecule has 0 atom stereocenters. The Labute approximate surface area is 194 Å². The van der Waals surface area contributed by atoms with Crippen LogP contribution in [0.3, 0.4) is 0 Å². The predicted octanol–water partition coefficient (Wildman–Crippen LogP) is 7.17. The van der Waals surface area contributed by atoms with E-state index in [-0.39, 0.29) is 24.1 Å². The Kier molecular flexibility index (Phi) is 15.5. The highest BCUT2D eigenvalue weighted by molar-refractivity contribution is 6.53. The van der Waals surface area contributed by atoms with E-state index in [2.05, 4.69) is 13.8 Å². The molecule has 0 fully saturated rings. The molecule has 2 rings (SSSR count). The second-order valence-electron chi connectivity index (χ2n) is 8.53. The molecular formula is C27H39BO4. The lowest BCUT2D eigenvalue weighted by Crippen LogP contribution is -2.30. The van der Waals surface area contributed by atoms with Gasteiger partial charge in [0.15, 0.2) is 5.78 Å². The Hall–Kier alpha value is -2.69.